The molecule has 2 aromatic carbocycles. The van der Waals surface area contributed by atoms with Crippen LogP contribution in [0.25, 0.3) is 0 Å². The summed E-state index contributed by atoms with van der Waals surface area (Å²) in [6.07, 6.45) is 0. The second-order valence-electron chi connectivity index (χ2n) is 5.49. The molecule has 0 aliphatic rings. The van der Waals surface area contributed by atoms with Crippen molar-refractivity contribution in [3.63, 3.8) is 0 Å². The van der Waals surface area contributed by atoms with Gasteiger partial charge in [-0.3, -0.25) is 4.79 Å². The number of hydrogen-bond donors (Lipinski definition) is 1. The van der Waals surface area contributed by atoms with E-state index >= 15 is 0 Å². The number of carbonyl (C=O) groups is 1. The van der Waals surface area contributed by atoms with E-state index in [9.17, 15) is 4.79 Å². The van der Waals surface area contributed by atoms with Crippen molar-refractivity contribution in [2.75, 3.05) is 0 Å². The van der Waals surface area contributed by atoms with Crippen molar-refractivity contribution in [2.45, 2.75) is 20.1 Å². The predicted molar refractivity (Wildman–Crippen MR) is 97.3 cm³/mol. The first-order valence-electron chi connectivity index (χ1n) is 7.79. The molecule has 0 aliphatic carbocycles. The van der Waals surface area contributed by atoms with E-state index in [-0.39, 0.29) is 5.91 Å². The average Bonchev–Trinajstić information content (AvgIpc) is 3.04. The molecule has 1 amide bonds. The summed E-state index contributed by atoms with van der Waals surface area (Å²) in [6.45, 7) is 2.48. The van der Waals surface area contributed by atoms with Gasteiger partial charge in [-0.2, -0.15) is 0 Å². The lowest BCUT2D eigenvalue weighted by molar-refractivity contribution is 0.0945. The van der Waals surface area contributed by atoms with E-state index in [1.54, 1.807) is 24.3 Å². The first kappa shape index (κ1) is 17.2. The van der Waals surface area contributed by atoms with E-state index in [0.717, 1.165) is 10.0 Å². The molecule has 0 fully saturated rings. The maximum Gasteiger partial charge on any atom is 0.255 e. The smallest absolute Gasteiger partial charge is 0.255 e. The van der Waals surface area contributed by atoms with Crippen LogP contribution in [-0.2, 0) is 13.2 Å². The molecule has 0 aliphatic heterocycles. The Morgan fingerprint density at radius 2 is 1.96 bits per heavy atom. The number of para-hydroxylation sites is 1. The molecule has 6 heteroatoms. The van der Waals surface area contributed by atoms with E-state index in [2.05, 4.69) is 26.4 Å². The maximum atomic E-state index is 12.5. The molecule has 25 heavy (non-hydrogen) atoms. The van der Waals surface area contributed by atoms with E-state index in [1.165, 1.54) is 0 Å². The van der Waals surface area contributed by atoms with Gasteiger partial charge in [0.15, 0.2) is 0 Å². The molecule has 1 aromatic heterocycles. The topological polar surface area (TPSA) is 64.4 Å². The summed E-state index contributed by atoms with van der Waals surface area (Å²) in [5.41, 5.74) is 2.17. The van der Waals surface area contributed by atoms with Gasteiger partial charge in [0.25, 0.3) is 5.91 Å². The minimum atomic E-state index is -0.219. The lowest BCUT2D eigenvalue weighted by Gasteiger charge is -2.12. The molecule has 0 radical (unpaired) electrons. The fraction of sp³-hybridized carbons (Fsp3) is 0.158. The van der Waals surface area contributed by atoms with Crippen molar-refractivity contribution < 1.29 is 14.1 Å². The van der Waals surface area contributed by atoms with Crippen molar-refractivity contribution >= 4 is 21.8 Å². The van der Waals surface area contributed by atoms with Crippen LogP contribution in [0.4, 0.5) is 0 Å². The van der Waals surface area contributed by atoms with Crippen LogP contribution in [0.2, 0.25) is 0 Å². The third kappa shape index (κ3) is 4.48. The fourth-order valence-electron chi connectivity index (χ4n) is 2.32. The summed E-state index contributed by atoms with van der Waals surface area (Å²) in [4.78, 5) is 12.5. The number of aromatic nitrogens is 1. The van der Waals surface area contributed by atoms with Gasteiger partial charge in [-0.15, -0.1) is 0 Å². The van der Waals surface area contributed by atoms with E-state index < -0.39 is 0 Å². The SMILES string of the molecule is Cc1cc(CNC(=O)c2ccccc2OCc2ccccc2Br)no1. The summed E-state index contributed by atoms with van der Waals surface area (Å²) in [6, 6.07) is 16.8. The lowest BCUT2D eigenvalue weighted by Crippen LogP contribution is -2.23. The highest BCUT2D eigenvalue weighted by Gasteiger charge is 2.13. The molecule has 3 rings (SSSR count). The summed E-state index contributed by atoms with van der Waals surface area (Å²) in [5.74, 6) is 1.02. The Hall–Kier alpha value is -2.60. The van der Waals surface area contributed by atoms with E-state index in [4.69, 9.17) is 9.26 Å². The standard InChI is InChI=1S/C19H17BrN2O3/c1-13-10-15(22-25-13)11-21-19(23)16-7-3-5-9-18(16)24-12-14-6-2-4-8-17(14)20/h2-10H,11-12H2,1H3,(H,21,23). The highest BCUT2D eigenvalue weighted by Crippen LogP contribution is 2.22. The number of aryl methyl sites for hydroxylation is 1. The normalized spacial score (nSPS) is 10.5. The van der Waals surface area contributed by atoms with Gasteiger partial charge in [0.1, 0.15) is 23.8 Å². The van der Waals surface area contributed by atoms with Crippen molar-refractivity contribution in [3.05, 3.63) is 81.7 Å². The van der Waals surface area contributed by atoms with Crippen molar-refractivity contribution in [1.29, 1.82) is 0 Å². The largest absolute Gasteiger partial charge is 0.488 e. The Balaban J connectivity index is 1.67. The highest BCUT2D eigenvalue weighted by atomic mass is 79.9. The average molecular weight is 401 g/mol. The van der Waals surface area contributed by atoms with Crippen LogP contribution in [-0.4, -0.2) is 11.1 Å². The Morgan fingerprint density at radius 3 is 2.72 bits per heavy atom. The van der Waals surface area contributed by atoms with Gasteiger partial charge >= 0.3 is 0 Å². The van der Waals surface area contributed by atoms with Crippen LogP contribution < -0.4 is 10.1 Å². The van der Waals surface area contributed by atoms with Crippen LogP contribution >= 0.6 is 15.9 Å². The third-order valence-corrected chi connectivity index (χ3v) is 4.35. The number of ether oxygens (including phenoxy) is 1. The minimum Gasteiger partial charge on any atom is -0.488 e. The van der Waals surface area contributed by atoms with Crippen LogP contribution in [0.15, 0.2) is 63.6 Å². The zero-order valence-corrected chi connectivity index (χ0v) is 15.2. The molecular weight excluding hydrogens is 384 g/mol. The molecule has 0 atom stereocenters. The number of nitrogens with zero attached hydrogens (tertiary/aromatic N) is 1. The second kappa shape index (κ2) is 7.98. The van der Waals surface area contributed by atoms with Crippen LogP contribution in [0.5, 0.6) is 5.75 Å². The maximum absolute atomic E-state index is 12.5. The summed E-state index contributed by atoms with van der Waals surface area (Å²) in [7, 11) is 0. The molecule has 5 nitrogen and oxygen atoms in total. The van der Waals surface area contributed by atoms with Crippen molar-refractivity contribution in [3.8, 4) is 5.75 Å². The number of rotatable bonds is 6. The zero-order chi connectivity index (χ0) is 17.6. The van der Waals surface area contributed by atoms with Crippen LogP contribution in [0.3, 0.4) is 0 Å². The second-order valence-corrected chi connectivity index (χ2v) is 6.34. The number of halogens is 1. The summed E-state index contributed by atoms with van der Waals surface area (Å²) in [5, 5.41) is 6.69. The zero-order valence-electron chi connectivity index (χ0n) is 13.7. The molecular formula is C19H17BrN2O3. The summed E-state index contributed by atoms with van der Waals surface area (Å²) >= 11 is 3.49. The Morgan fingerprint density at radius 1 is 1.20 bits per heavy atom. The van der Waals surface area contributed by atoms with Gasteiger partial charge in [0.2, 0.25) is 0 Å². The molecule has 1 N–H and O–H groups in total. The van der Waals surface area contributed by atoms with E-state index in [1.807, 2.05) is 37.3 Å². The van der Waals surface area contributed by atoms with Gasteiger partial charge in [0.05, 0.1) is 12.1 Å². The van der Waals surface area contributed by atoms with Gasteiger partial charge in [-0.25, -0.2) is 0 Å². The molecule has 0 bridgehead atoms. The quantitative estimate of drug-likeness (QED) is 0.671. The number of amides is 1. The van der Waals surface area contributed by atoms with Gasteiger partial charge in [-0.1, -0.05) is 51.4 Å². The van der Waals surface area contributed by atoms with Gasteiger partial charge in [-0.05, 0) is 25.1 Å². The number of hydrogen-bond acceptors (Lipinski definition) is 4. The number of benzene rings is 2. The Labute approximate surface area is 154 Å². The number of carbonyl (C=O) groups excluding carboxylic acids is 1. The van der Waals surface area contributed by atoms with Gasteiger partial charge in [0, 0.05) is 16.1 Å². The first-order chi connectivity index (χ1) is 12.1. The molecule has 0 unspecified atom stereocenters. The third-order valence-electron chi connectivity index (χ3n) is 3.58. The Bertz CT molecular complexity index is 876. The fourth-order valence-corrected chi connectivity index (χ4v) is 2.72. The molecule has 1 heterocycles. The van der Waals surface area contributed by atoms with Crippen molar-refractivity contribution in [1.82, 2.24) is 10.5 Å². The predicted octanol–water partition coefficient (Wildman–Crippen LogP) is 4.25. The lowest BCUT2D eigenvalue weighted by atomic mass is 10.2. The van der Waals surface area contributed by atoms with Crippen LogP contribution in [0, 0.1) is 6.92 Å². The van der Waals surface area contributed by atoms with Gasteiger partial charge < -0.3 is 14.6 Å². The summed E-state index contributed by atoms with van der Waals surface area (Å²) < 4.78 is 11.8. The molecule has 0 spiro atoms. The minimum absolute atomic E-state index is 0.219. The van der Waals surface area contributed by atoms with Crippen molar-refractivity contribution in [2.24, 2.45) is 0 Å². The Kier molecular flexibility index (Phi) is 5.50. The molecule has 0 saturated carbocycles. The highest BCUT2D eigenvalue weighted by molar-refractivity contribution is 9.10. The monoisotopic (exact) mass is 400 g/mol. The van der Waals surface area contributed by atoms with E-state index in [0.29, 0.717) is 35.9 Å². The molecule has 3 aromatic rings. The van der Waals surface area contributed by atoms with Crippen LogP contribution in [0.1, 0.15) is 27.4 Å². The first-order valence-corrected chi connectivity index (χ1v) is 8.58. The number of nitrogens with one attached hydrogen (secondary N) is 1. The molecule has 0 saturated heterocycles. The molecule has 128 valence electrons.